The van der Waals surface area contributed by atoms with Gasteiger partial charge in [0.1, 0.15) is 0 Å². The number of fused-ring (bicyclic) bond motifs is 1. The second-order valence-corrected chi connectivity index (χ2v) is 5.10. The summed E-state index contributed by atoms with van der Waals surface area (Å²) in [4.78, 5) is 19.0. The lowest BCUT2D eigenvalue weighted by atomic mass is 10.5. The highest BCUT2D eigenvalue weighted by atomic mass is 32.2. The van der Waals surface area contributed by atoms with Crippen molar-refractivity contribution in [1.82, 2.24) is 19.6 Å². The van der Waals surface area contributed by atoms with Gasteiger partial charge in [-0.05, 0) is 6.92 Å². The Balaban J connectivity index is 2.89. The zero-order chi connectivity index (χ0) is 11.2. The molecular formula is C7H8N4O3S. The summed E-state index contributed by atoms with van der Waals surface area (Å²) < 4.78 is 23.3. The van der Waals surface area contributed by atoms with Crippen molar-refractivity contribution in [2.45, 2.75) is 12.1 Å². The van der Waals surface area contributed by atoms with Gasteiger partial charge in [-0.15, -0.1) is 0 Å². The molecule has 0 aliphatic carbocycles. The SMILES string of the molecule is Cc1cc(=O)n2[nH]c(S(C)(=O)=O)nc2n1. The van der Waals surface area contributed by atoms with Crippen molar-refractivity contribution in [1.29, 1.82) is 0 Å². The molecule has 0 saturated carbocycles. The number of aryl methyl sites for hydroxylation is 1. The van der Waals surface area contributed by atoms with E-state index >= 15 is 0 Å². The molecule has 2 heterocycles. The van der Waals surface area contributed by atoms with Crippen LogP contribution in [0.4, 0.5) is 0 Å². The van der Waals surface area contributed by atoms with Crippen LogP contribution >= 0.6 is 0 Å². The van der Waals surface area contributed by atoms with E-state index in [1.165, 1.54) is 6.07 Å². The van der Waals surface area contributed by atoms with Crippen LogP contribution in [0.5, 0.6) is 0 Å². The first-order chi connectivity index (χ1) is 6.88. The highest BCUT2D eigenvalue weighted by Crippen LogP contribution is 2.02. The number of nitrogens with zero attached hydrogens (tertiary/aromatic N) is 3. The topological polar surface area (TPSA) is 97.2 Å². The molecule has 15 heavy (non-hydrogen) atoms. The number of hydrogen-bond donors (Lipinski definition) is 1. The quantitative estimate of drug-likeness (QED) is 0.684. The fourth-order valence-electron chi connectivity index (χ4n) is 1.14. The summed E-state index contributed by atoms with van der Waals surface area (Å²) in [5.74, 6) is 0.0559. The molecule has 0 aliphatic rings. The van der Waals surface area contributed by atoms with Crippen LogP contribution in [-0.2, 0) is 9.84 Å². The summed E-state index contributed by atoms with van der Waals surface area (Å²) >= 11 is 0. The molecule has 0 aromatic carbocycles. The van der Waals surface area contributed by atoms with E-state index < -0.39 is 9.84 Å². The van der Waals surface area contributed by atoms with Crippen molar-refractivity contribution in [3.63, 3.8) is 0 Å². The van der Waals surface area contributed by atoms with E-state index in [1.54, 1.807) is 6.92 Å². The summed E-state index contributed by atoms with van der Waals surface area (Å²) in [6.45, 7) is 1.64. The number of rotatable bonds is 1. The van der Waals surface area contributed by atoms with Gasteiger partial charge in [0, 0.05) is 18.0 Å². The van der Waals surface area contributed by atoms with Gasteiger partial charge in [-0.1, -0.05) is 0 Å². The lowest BCUT2D eigenvalue weighted by molar-refractivity contribution is 0.592. The van der Waals surface area contributed by atoms with Crippen molar-refractivity contribution >= 4 is 15.6 Å². The highest BCUT2D eigenvalue weighted by molar-refractivity contribution is 7.90. The molecule has 0 aliphatic heterocycles. The van der Waals surface area contributed by atoms with Crippen LogP contribution in [0.3, 0.4) is 0 Å². The third kappa shape index (κ3) is 1.63. The van der Waals surface area contributed by atoms with E-state index in [2.05, 4.69) is 15.1 Å². The molecule has 0 radical (unpaired) electrons. The maximum Gasteiger partial charge on any atom is 0.274 e. The molecule has 1 N–H and O–H groups in total. The van der Waals surface area contributed by atoms with E-state index in [0.717, 1.165) is 10.8 Å². The second kappa shape index (κ2) is 2.89. The molecule has 0 bridgehead atoms. The van der Waals surface area contributed by atoms with E-state index in [-0.39, 0.29) is 16.5 Å². The number of aromatic nitrogens is 4. The third-order valence-corrected chi connectivity index (χ3v) is 2.67. The Bertz CT molecular complexity index is 682. The monoisotopic (exact) mass is 228 g/mol. The zero-order valence-corrected chi connectivity index (χ0v) is 8.87. The molecule has 0 spiro atoms. The lowest BCUT2D eigenvalue weighted by Gasteiger charge is -1.90. The van der Waals surface area contributed by atoms with E-state index in [0.29, 0.717) is 5.69 Å². The van der Waals surface area contributed by atoms with Crippen molar-refractivity contribution in [2.75, 3.05) is 6.26 Å². The van der Waals surface area contributed by atoms with E-state index in [9.17, 15) is 13.2 Å². The summed E-state index contributed by atoms with van der Waals surface area (Å²) in [5, 5.41) is 2.11. The minimum Gasteiger partial charge on any atom is -0.267 e. The van der Waals surface area contributed by atoms with Crippen molar-refractivity contribution in [3.05, 3.63) is 22.1 Å². The van der Waals surface area contributed by atoms with E-state index in [1.807, 2.05) is 0 Å². The third-order valence-electron chi connectivity index (χ3n) is 1.79. The Morgan fingerprint density at radius 2 is 2.07 bits per heavy atom. The predicted octanol–water partition coefficient (Wildman–Crippen LogP) is -0.870. The van der Waals surface area contributed by atoms with Gasteiger partial charge in [0.15, 0.2) is 0 Å². The van der Waals surface area contributed by atoms with Crippen molar-refractivity contribution in [2.24, 2.45) is 0 Å². The van der Waals surface area contributed by atoms with Gasteiger partial charge >= 0.3 is 0 Å². The Hall–Kier alpha value is -1.70. The van der Waals surface area contributed by atoms with Gasteiger partial charge in [-0.25, -0.2) is 13.4 Å². The van der Waals surface area contributed by atoms with Crippen LogP contribution in [0.25, 0.3) is 5.78 Å². The standard InChI is InChI=1S/C7H8N4O3S/c1-4-3-5(12)11-6(8-4)9-7(10-11)15(2,13)14/h3H,1-2H3,(H,8,9,10). The predicted molar refractivity (Wildman–Crippen MR) is 51.5 cm³/mol. The van der Waals surface area contributed by atoms with Gasteiger partial charge in [0.2, 0.25) is 15.0 Å². The van der Waals surface area contributed by atoms with Gasteiger partial charge in [0.05, 0.1) is 0 Å². The molecule has 0 unspecified atom stereocenters. The summed E-state index contributed by atoms with van der Waals surface area (Å²) in [6, 6.07) is 1.29. The highest BCUT2D eigenvalue weighted by Gasteiger charge is 2.14. The van der Waals surface area contributed by atoms with Crippen LogP contribution in [0.15, 0.2) is 16.0 Å². The molecule has 0 saturated heterocycles. The Kier molecular flexibility index (Phi) is 1.90. The Morgan fingerprint density at radius 1 is 1.40 bits per heavy atom. The summed E-state index contributed by atoms with van der Waals surface area (Å²) in [7, 11) is -3.46. The number of aromatic amines is 1. The van der Waals surface area contributed by atoms with Crippen LogP contribution in [0.1, 0.15) is 5.69 Å². The molecule has 2 aromatic rings. The molecule has 0 atom stereocenters. The molecule has 7 nitrogen and oxygen atoms in total. The summed E-state index contributed by atoms with van der Waals surface area (Å²) in [6.07, 6.45) is 1.00. The van der Waals surface area contributed by atoms with Crippen LogP contribution in [-0.4, -0.2) is 34.3 Å². The largest absolute Gasteiger partial charge is 0.274 e. The minimum absolute atomic E-state index is 0.0559. The van der Waals surface area contributed by atoms with Crippen molar-refractivity contribution < 1.29 is 8.42 Å². The van der Waals surface area contributed by atoms with E-state index in [4.69, 9.17) is 0 Å². The van der Waals surface area contributed by atoms with Gasteiger partial charge in [-0.3, -0.25) is 9.89 Å². The van der Waals surface area contributed by atoms with Crippen molar-refractivity contribution in [3.8, 4) is 0 Å². The molecule has 2 aromatic heterocycles. The average Bonchev–Trinajstić information content (AvgIpc) is 2.46. The number of sulfone groups is 1. The van der Waals surface area contributed by atoms with Crippen LogP contribution < -0.4 is 5.56 Å². The minimum atomic E-state index is -3.46. The first-order valence-electron chi connectivity index (χ1n) is 4.04. The number of nitrogens with one attached hydrogen (secondary N) is 1. The fraction of sp³-hybridized carbons (Fsp3) is 0.286. The number of H-pyrrole nitrogens is 1. The van der Waals surface area contributed by atoms with Crippen LogP contribution in [0, 0.1) is 6.92 Å². The normalized spacial score (nSPS) is 12.1. The molecule has 8 heteroatoms. The van der Waals surface area contributed by atoms with Gasteiger partial charge in [-0.2, -0.15) is 9.50 Å². The molecule has 80 valence electrons. The van der Waals surface area contributed by atoms with Gasteiger partial charge in [0.25, 0.3) is 11.3 Å². The summed E-state index contributed by atoms with van der Waals surface area (Å²) in [5.41, 5.74) is 0.103. The second-order valence-electron chi connectivity index (χ2n) is 3.17. The molecular weight excluding hydrogens is 220 g/mol. The fourth-order valence-corrected chi connectivity index (χ4v) is 1.64. The lowest BCUT2D eigenvalue weighted by Crippen LogP contribution is -2.14. The Morgan fingerprint density at radius 3 is 2.67 bits per heavy atom. The molecule has 0 fully saturated rings. The number of hydrogen-bond acceptors (Lipinski definition) is 5. The maximum absolute atomic E-state index is 11.4. The zero-order valence-electron chi connectivity index (χ0n) is 8.05. The molecule has 0 amide bonds. The first-order valence-corrected chi connectivity index (χ1v) is 5.93. The first kappa shape index (κ1) is 9.84. The smallest absolute Gasteiger partial charge is 0.267 e. The Labute approximate surface area is 84.7 Å². The average molecular weight is 228 g/mol. The van der Waals surface area contributed by atoms with Gasteiger partial charge < -0.3 is 0 Å². The van der Waals surface area contributed by atoms with Crippen LogP contribution in [0.2, 0.25) is 0 Å². The molecule has 2 rings (SSSR count). The maximum atomic E-state index is 11.4.